The van der Waals surface area contributed by atoms with Crippen molar-refractivity contribution in [2.45, 2.75) is 45.4 Å². The largest absolute Gasteiger partial charge is 0.444 e. The van der Waals surface area contributed by atoms with Gasteiger partial charge in [0.1, 0.15) is 5.60 Å². The van der Waals surface area contributed by atoms with Crippen LogP contribution in [0.5, 0.6) is 0 Å². The van der Waals surface area contributed by atoms with Crippen LogP contribution in [0.3, 0.4) is 0 Å². The van der Waals surface area contributed by atoms with Crippen molar-refractivity contribution in [3.8, 4) is 0 Å². The summed E-state index contributed by atoms with van der Waals surface area (Å²) in [6.07, 6.45) is 1.16. The first-order valence-electron chi connectivity index (χ1n) is 7.67. The van der Waals surface area contributed by atoms with E-state index < -0.39 is 5.60 Å². The predicted octanol–water partition coefficient (Wildman–Crippen LogP) is 4.32. The lowest BCUT2D eigenvalue weighted by Crippen LogP contribution is -2.44. The number of nitrogens with zero attached hydrogens (tertiary/aromatic N) is 1. The van der Waals surface area contributed by atoms with Crippen molar-refractivity contribution in [2.24, 2.45) is 0 Å². The monoisotopic (exact) mass is 417 g/mol. The Morgan fingerprint density at radius 2 is 2.09 bits per heavy atom. The van der Waals surface area contributed by atoms with Crippen LogP contribution in [0.2, 0.25) is 0 Å². The molecular formula is C17H24INO3. The van der Waals surface area contributed by atoms with Gasteiger partial charge in [0, 0.05) is 16.5 Å². The lowest BCUT2D eigenvalue weighted by atomic mass is 9.98. The number of amides is 1. The maximum absolute atomic E-state index is 12.5. The minimum atomic E-state index is -0.499. The molecule has 0 N–H and O–H groups in total. The Bertz CT molecular complexity index is 513. The third-order valence-electron chi connectivity index (χ3n) is 3.41. The highest BCUT2D eigenvalue weighted by Gasteiger charge is 2.34. The van der Waals surface area contributed by atoms with Crippen LogP contribution in [0.25, 0.3) is 0 Å². The fraction of sp³-hybridized carbons (Fsp3) is 0.588. The lowest BCUT2D eigenvalue weighted by molar-refractivity contribution is -0.0742. The van der Waals surface area contributed by atoms with Crippen LogP contribution in [0.15, 0.2) is 24.3 Å². The minimum Gasteiger partial charge on any atom is -0.444 e. The van der Waals surface area contributed by atoms with Gasteiger partial charge in [0.05, 0.1) is 6.61 Å². The van der Waals surface area contributed by atoms with E-state index in [0.29, 0.717) is 13.2 Å². The van der Waals surface area contributed by atoms with E-state index >= 15 is 0 Å². The van der Waals surface area contributed by atoms with Crippen LogP contribution < -0.4 is 0 Å². The Balaban J connectivity index is 2.19. The first kappa shape index (κ1) is 17.5. The summed E-state index contributed by atoms with van der Waals surface area (Å²) in [5.41, 5.74) is 1.83. The molecule has 1 aliphatic rings. The summed E-state index contributed by atoms with van der Waals surface area (Å²) in [5.74, 6) is 0. The fourth-order valence-electron chi connectivity index (χ4n) is 2.47. The molecule has 0 bridgehead atoms. The van der Waals surface area contributed by atoms with Gasteiger partial charge in [0.15, 0.2) is 6.23 Å². The van der Waals surface area contributed by atoms with Crippen molar-refractivity contribution < 1.29 is 14.3 Å². The highest BCUT2D eigenvalue weighted by Crippen LogP contribution is 2.32. The molecule has 2 rings (SSSR count). The Morgan fingerprint density at radius 3 is 2.77 bits per heavy atom. The second-order valence-electron chi connectivity index (χ2n) is 6.39. The number of hydrogen-bond acceptors (Lipinski definition) is 3. The number of ether oxygens (including phenoxy) is 2. The summed E-state index contributed by atoms with van der Waals surface area (Å²) in [4.78, 5) is 14.2. The summed E-state index contributed by atoms with van der Waals surface area (Å²) >= 11 is 2.33. The second kappa shape index (κ2) is 7.64. The molecule has 22 heavy (non-hydrogen) atoms. The Morgan fingerprint density at radius 1 is 1.36 bits per heavy atom. The molecule has 1 heterocycles. The summed E-state index contributed by atoms with van der Waals surface area (Å²) in [6, 6.07) is 8.17. The summed E-state index contributed by atoms with van der Waals surface area (Å²) in [7, 11) is 0. The van der Waals surface area contributed by atoms with E-state index in [9.17, 15) is 4.79 Å². The molecule has 4 nitrogen and oxygen atoms in total. The number of carbonyl (C=O) groups excluding carboxylic acids is 1. The Hall–Kier alpha value is -0.820. The second-order valence-corrected chi connectivity index (χ2v) is 7.47. The standard InChI is InChI=1S/C17H24INO3/c1-17(2,3)22-16(20)19-11-9-13-7-4-5-8-14(13)15(19)21-12-6-10-18/h4-5,7-8,15H,6,9-12H2,1-3H3. The number of carbonyl (C=O) groups is 1. The van der Waals surface area contributed by atoms with Crippen LogP contribution in [-0.4, -0.2) is 34.2 Å². The van der Waals surface area contributed by atoms with Crippen molar-refractivity contribution in [2.75, 3.05) is 17.6 Å². The molecule has 0 aliphatic carbocycles. The molecule has 0 aromatic heterocycles. The van der Waals surface area contributed by atoms with Gasteiger partial charge < -0.3 is 9.47 Å². The topological polar surface area (TPSA) is 38.8 Å². The highest BCUT2D eigenvalue weighted by molar-refractivity contribution is 14.1. The summed E-state index contributed by atoms with van der Waals surface area (Å²) in [6.45, 7) is 6.92. The number of benzene rings is 1. The lowest BCUT2D eigenvalue weighted by Gasteiger charge is -2.37. The molecule has 0 saturated heterocycles. The molecule has 0 fully saturated rings. The zero-order valence-corrected chi connectivity index (χ0v) is 15.6. The molecule has 1 amide bonds. The van der Waals surface area contributed by atoms with Crippen molar-refractivity contribution in [1.29, 1.82) is 0 Å². The third kappa shape index (κ3) is 4.59. The molecule has 1 atom stereocenters. The van der Waals surface area contributed by atoms with Crippen molar-refractivity contribution >= 4 is 28.7 Å². The van der Waals surface area contributed by atoms with Gasteiger partial charge in [-0.1, -0.05) is 46.9 Å². The van der Waals surface area contributed by atoms with Crippen molar-refractivity contribution in [3.05, 3.63) is 35.4 Å². The fourth-order valence-corrected chi connectivity index (χ4v) is 2.78. The van der Waals surface area contributed by atoms with Crippen LogP contribution in [0.1, 0.15) is 44.5 Å². The Kier molecular flexibility index (Phi) is 6.09. The number of alkyl halides is 1. The van der Waals surface area contributed by atoms with Gasteiger partial charge in [-0.05, 0) is 39.2 Å². The molecule has 1 aromatic rings. The van der Waals surface area contributed by atoms with Gasteiger partial charge in [-0.25, -0.2) is 4.79 Å². The van der Waals surface area contributed by atoms with Gasteiger partial charge in [0.25, 0.3) is 0 Å². The SMILES string of the molecule is CC(C)(C)OC(=O)N1CCc2ccccc2C1OCCCI. The third-order valence-corrected chi connectivity index (χ3v) is 4.17. The average Bonchev–Trinajstić information content (AvgIpc) is 2.45. The minimum absolute atomic E-state index is 0.304. The summed E-state index contributed by atoms with van der Waals surface area (Å²) < 4.78 is 12.6. The van der Waals surface area contributed by atoms with E-state index in [4.69, 9.17) is 9.47 Å². The molecule has 0 spiro atoms. The normalized spacial score (nSPS) is 18.0. The average molecular weight is 417 g/mol. The molecule has 0 saturated carbocycles. The number of fused-ring (bicyclic) bond motifs is 1. The van der Waals surface area contributed by atoms with Gasteiger partial charge in [0.2, 0.25) is 0 Å². The van der Waals surface area contributed by atoms with E-state index in [0.717, 1.165) is 22.8 Å². The maximum atomic E-state index is 12.5. The smallest absolute Gasteiger partial charge is 0.412 e. The molecule has 122 valence electrons. The van der Waals surface area contributed by atoms with Crippen LogP contribution in [0, 0.1) is 0 Å². The van der Waals surface area contributed by atoms with E-state index in [-0.39, 0.29) is 12.3 Å². The molecule has 1 unspecified atom stereocenters. The van der Waals surface area contributed by atoms with Gasteiger partial charge >= 0.3 is 6.09 Å². The number of halogens is 1. The first-order chi connectivity index (χ1) is 10.4. The van der Waals surface area contributed by atoms with E-state index in [1.54, 1.807) is 4.90 Å². The number of hydrogen-bond donors (Lipinski definition) is 0. The number of rotatable bonds is 4. The van der Waals surface area contributed by atoms with Crippen molar-refractivity contribution in [3.63, 3.8) is 0 Å². The van der Waals surface area contributed by atoms with Gasteiger partial charge in [-0.2, -0.15) is 0 Å². The highest BCUT2D eigenvalue weighted by atomic mass is 127. The van der Waals surface area contributed by atoms with Gasteiger partial charge in [-0.3, -0.25) is 4.90 Å². The van der Waals surface area contributed by atoms with Gasteiger partial charge in [-0.15, -0.1) is 0 Å². The van der Waals surface area contributed by atoms with E-state index in [2.05, 4.69) is 28.7 Å². The predicted molar refractivity (Wildman–Crippen MR) is 95.3 cm³/mol. The molecular weight excluding hydrogens is 393 g/mol. The zero-order valence-electron chi connectivity index (χ0n) is 13.5. The quantitative estimate of drug-likeness (QED) is 0.416. The van der Waals surface area contributed by atoms with Crippen LogP contribution >= 0.6 is 22.6 Å². The maximum Gasteiger partial charge on any atom is 0.412 e. The first-order valence-corrected chi connectivity index (χ1v) is 9.20. The van der Waals surface area contributed by atoms with Crippen molar-refractivity contribution in [1.82, 2.24) is 4.90 Å². The van der Waals surface area contributed by atoms with E-state index in [1.165, 1.54) is 5.56 Å². The molecule has 1 aromatic carbocycles. The summed E-state index contributed by atoms with van der Waals surface area (Å²) in [5, 5.41) is 0. The van der Waals surface area contributed by atoms with E-state index in [1.807, 2.05) is 39.0 Å². The Labute approximate surface area is 146 Å². The van der Waals surface area contributed by atoms with Crippen LogP contribution in [0.4, 0.5) is 4.79 Å². The zero-order chi connectivity index (χ0) is 16.2. The molecule has 0 radical (unpaired) electrons. The van der Waals surface area contributed by atoms with Crippen LogP contribution in [-0.2, 0) is 15.9 Å². The molecule has 1 aliphatic heterocycles. The molecule has 5 heteroatoms.